The lowest BCUT2D eigenvalue weighted by Crippen LogP contribution is -2.23. The monoisotopic (exact) mass is 284 g/mol. The van der Waals surface area contributed by atoms with Crippen molar-refractivity contribution in [2.75, 3.05) is 19.6 Å². The summed E-state index contributed by atoms with van der Waals surface area (Å²) in [5.74, 6) is 0.836. The molecule has 1 fully saturated rings. The Morgan fingerprint density at radius 2 is 1.95 bits per heavy atom. The molecule has 0 amide bonds. The largest absolute Gasteiger partial charge is 0.312 e. The molecule has 0 saturated carbocycles. The van der Waals surface area contributed by atoms with Crippen molar-refractivity contribution in [3.63, 3.8) is 0 Å². The van der Waals surface area contributed by atoms with Crippen LogP contribution in [0.3, 0.4) is 0 Å². The standard InChI is InChI=1S/C19H28N2/c1-2-7-17(8-3-1)14-20-15-18-9-6-10-19(13-18)16-21-11-4-5-12-21/h1-2,6,9-10,13,17,20H,3-5,7-8,11-12,14-16H2. The Kier molecular flexibility index (Phi) is 5.47. The maximum Gasteiger partial charge on any atom is 0.0233 e. The minimum absolute atomic E-state index is 0.836. The van der Waals surface area contributed by atoms with E-state index in [0.29, 0.717) is 0 Å². The Balaban J connectivity index is 1.45. The van der Waals surface area contributed by atoms with E-state index >= 15 is 0 Å². The fraction of sp³-hybridized carbons (Fsp3) is 0.579. The molecule has 2 heteroatoms. The van der Waals surface area contributed by atoms with Crippen LogP contribution in [0.5, 0.6) is 0 Å². The summed E-state index contributed by atoms with van der Waals surface area (Å²) in [6, 6.07) is 9.12. The average molecular weight is 284 g/mol. The first-order valence-corrected chi connectivity index (χ1v) is 8.56. The Morgan fingerprint density at radius 3 is 2.76 bits per heavy atom. The zero-order valence-electron chi connectivity index (χ0n) is 13.1. The first-order chi connectivity index (χ1) is 10.4. The smallest absolute Gasteiger partial charge is 0.0233 e. The first kappa shape index (κ1) is 14.8. The molecule has 0 bridgehead atoms. The van der Waals surface area contributed by atoms with Gasteiger partial charge < -0.3 is 5.32 Å². The highest BCUT2D eigenvalue weighted by atomic mass is 15.1. The predicted octanol–water partition coefficient (Wildman–Crippen LogP) is 3.73. The maximum atomic E-state index is 3.64. The first-order valence-electron chi connectivity index (χ1n) is 8.56. The Bertz CT molecular complexity index is 460. The molecule has 1 saturated heterocycles. The van der Waals surface area contributed by atoms with Gasteiger partial charge in [-0.2, -0.15) is 0 Å². The molecule has 1 N–H and O–H groups in total. The van der Waals surface area contributed by atoms with Crippen LogP contribution in [0.1, 0.15) is 43.2 Å². The van der Waals surface area contributed by atoms with E-state index in [1.54, 1.807) is 0 Å². The van der Waals surface area contributed by atoms with Crippen molar-refractivity contribution in [2.24, 2.45) is 5.92 Å². The van der Waals surface area contributed by atoms with Gasteiger partial charge in [-0.05, 0) is 68.8 Å². The Labute approximate surface area is 129 Å². The third-order valence-corrected chi connectivity index (χ3v) is 4.74. The number of rotatable bonds is 6. The summed E-state index contributed by atoms with van der Waals surface area (Å²) in [7, 11) is 0. The molecule has 3 rings (SSSR count). The fourth-order valence-electron chi connectivity index (χ4n) is 3.50. The second-order valence-corrected chi connectivity index (χ2v) is 6.58. The number of allylic oxidation sites excluding steroid dienone is 2. The third-order valence-electron chi connectivity index (χ3n) is 4.74. The molecule has 1 aromatic rings. The highest BCUT2D eigenvalue weighted by Crippen LogP contribution is 2.17. The number of likely N-dealkylation sites (tertiary alicyclic amines) is 1. The molecular weight excluding hydrogens is 256 g/mol. The summed E-state index contributed by atoms with van der Waals surface area (Å²) < 4.78 is 0. The van der Waals surface area contributed by atoms with Crippen LogP contribution in [-0.4, -0.2) is 24.5 Å². The second-order valence-electron chi connectivity index (χ2n) is 6.58. The normalized spacial score (nSPS) is 22.8. The van der Waals surface area contributed by atoms with Crippen LogP contribution in [0.15, 0.2) is 36.4 Å². The molecular formula is C19H28N2. The van der Waals surface area contributed by atoms with E-state index < -0.39 is 0 Å². The molecule has 1 aromatic carbocycles. The predicted molar refractivity (Wildman–Crippen MR) is 89.1 cm³/mol. The van der Waals surface area contributed by atoms with Gasteiger partial charge in [0.2, 0.25) is 0 Å². The highest BCUT2D eigenvalue weighted by Gasteiger charge is 2.12. The van der Waals surface area contributed by atoms with Crippen LogP contribution < -0.4 is 5.32 Å². The van der Waals surface area contributed by atoms with Gasteiger partial charge in [-0.3, -0.25) is 4.90 Å². The molecule has 1 atom stereocenters. The SMILES string of the molecule is C1=CCC(CNCc2cccc(CN3CCCC3)c2)CC1. The number of benzene rings is 1. The molecule has 1 unspecified atom stereocenters. The molecule has 0 spiro atoms. The number of nitrogens with one attached hydrogen (secondary N) is 1. The van der Waals surface area contributed by atoms with Crippen LogP contribution in [0.4, 0.5) is 0 Å². The zero-order chi connectivity index (χ0) is 14.3. The lowest BCUT2D eigenvalue weighted by molar-refractivity contribution is 0.331. The van der Waals surface area contributed by atoms with Crippen molar-refractivity contribution in [3.8, 4) is 0 Å². The van der Waals surface area contributed by atoms with Gasteiger partial charge >= 0.3 is 0 Å². The second kappa shape index (κ2) is 7.77. The summed E-state index contributed by atoms with van der Waals surface area (Å²) in [5.41, 5.74) is 2.90. The molecule has 114 valence electrons. The molecule has 0 aromatic heterocycles. The Morgan fingerprint density at radius 1 is 1.10 bits per heavy atom. The topological polar surface area (TPSA) is 15.3 Å². The minimum atomic E-state index is 0.836. The fourth-order valence-corrected chi connectivity index (χ4v) is 3.50. The van der Waals surface area contributed by atoms with Crippen molar-refractivity contribution >= 4 is 0 Å². The van der Waals surface area contributed by atoms with E-state index in [0.717, 1.165) is 25.6 Å². The van der Waals surface area contributed by atoms with Crippen LogP contribution in [0.25, 0.3) is 0 Å². The number of hydrogen-bond donors (Lipinski definition) is 1. The summed E-state index contributed by atoms with van der Waals surface area (Å²) >= 11 is 0. The lowest BCUT2D eigenvalue weighted by atomic mass is 9.94. The van der Waals surface area contributed by atoms with Crippen molar-refractivity contribution in [1.29, 1.82) is 0 Å². The molecule has 1 aliphatic carbocycles. The molecule has 2 aliphatic rings. The molecule has 1 heterocycles. The summed E-state index contributed by atoms with van der Waals surface area (Å²) in [6.45, 7) is 5.84. The van der Waals surface area contributed by atoms with E-state index in [1.807, 2.05) is 0 Å². The van der Waals surface area contributed by atoms with Gasteiger partial charge in [0.1, 0.15) is 0 Å². The van der Waals surface area contributed by atoms with Gasteiger partial charge in [-0.25, -0.2) is 0 Å². The Hall–Kier alpha value is -1.12. The zero-order valence-corrected chi connectivity index (χ0v) is 13.1. The summed E-state index contributed by atoms with van der Waals surface area (Å²) in [5, 5.41) is 3.64. The number of hydrogen-bond acceptors (Lipinski definition) is 2. The third kappa shape index (κ3) is 4.69. The van der Waals surface area contributed by atoms with Gasteiger partial charge in [0.15, 0.2) is 0 Å². The lowest BCUT2D eigenvalue weighted by Gasteiger charge is -2.18. The van der Waals surface area contributed by atoms with Crippen LogP contribution in [-0.2, 0) is 13.1 Å². The quantitative estimate of drug-likeness (QED) is 0.801. The minimum Gasteiger partial charge on any atom is -0.312 e. The van der Waals surface area contributed by atoms with Crippen molar-refractivity contribution in [3.05, 3.63) is 47.5 Å². The number of nitrogens with zero attached hydrogens (tertiary/aromatic N) is 1. The average Bonchev–Trinajstić information content (AvgIpc) is 3.02. The molecule has 0 radical (unpaired) electrons. The van der Waals surface area contributed by atoms with Crippen LogP contribution >= 0.6 is 0 Å². The van der Waals surface area contributed by atoms with Crippen LogP contribution in [0.2, 0.25) is 0 Å². The summed E-state index contributed by atoms with van der Waals surface area (Å²) in [4.78, 5) is 2.57. The van der Waals surface area contributed by atoms with Gasteiger partial charge in [0.25, 0.3) is 0 Å². The molecule has 21 heavy (non-hydrogen) atoms. The maximum absolute atomic E-state index is 3.64. The van der Waals surface area contributed by atoms with Gasteiger partial charge in [0, 0.05) is 13.1 Å². The van der Waals surface area contributed by atoms with Crippen molar-refractivity contribution < 1.29 is 0 Å². The molecule has 2 nitrogen and oxygen atoms in total. The van der Waals surface area contributed by atoms with Gasteiger partial charge in [-0.1, -0.05) is 36.4 Å². The molecule has 1 aliphatic heterocycles. The van der Waals surface area contributed by atoms with E-state index in [9.17, 15) is 0 Å². The van der Waals surface area contributed by atoms with Crippen molar-refractivity contribution in [1.82, 2.24) is 10.2 Å². The van der Waals surface area contributed by atoms with Gasteiger partial charge in [0.05, 0.1) is 0 Å². The van der Waals surface area contributed by atoms with Crippen molar-refractivity contribution in [2.45, 2.75) is 45.2 Å². The van der Waals surface area contributed by atoms with Gasteiger partial charge in [-0.15, -0.1) is 0 Å². The summed E-state index contributed by atoms with van der Waals surface area (Å²) in [6.07, 6.45) is 11.3. The van der Waals surface area contributed by atoms with E-state index in [1.165, 1.54) is 56.3 Å². The van der Waals surface area contributed by atoms with E-state index in [2.05, 4.69) is 46.6 Å². The van der Waals surface area contributed by atoms with E-state index in [-0.39, 0.29) is 0 Å². The van der Waals surface area contributed by atoms with Crippen LogP contribution in [0, 0.1) is 5.92 Å². The highest BCUT2D eigenvalue weighted by molar-refractivity contribution is 5.23. The van der Waals surface area contributed by atoms with E-state index in [4.69, 9.17) is 0 Å².